The van der Waals surface area contributed by atoms with Crippen LogP contribution in [0.5, 0.6) is 0 Å². The Morgan fingerprint density at radius 2 is 2.00 bits per heavy atom. The van der Waals surface area contributed by atoms with E-state index < -0.39 is 0 Å². The summed E-state index contributed by atoms with van der Waals surface area (Å²) in [5.41, 5.74) is 1.33. The van der Waals surface area contributed by atoms with E-state index in [1.54, 1.807) is 0 Å². The van der Waals surface area contributed by atoms with Crippen molar-refractivity contribution in [1.82, 2.24) is 5.32 Å². The van der Waals surface area contributed by atoms with E-state index in [1.165, 1.54) is 12.0 Å². The van der Waals surface area contributed by atoms with Crippen molar-refractivity contribution in [2.75, 3.05) is 13.2 Å². The van der Waals surface area contributed by atoms with Gasteiger partial charge >= 0.3 is 0 Å². The Morgan fingerprint density at radius 1 is 1.29 bits per heavy atom. The summed E-state index contributed by atoms with van der Waals surface area (Å²) in [6.45, 7) is 6.30. The zero-order valence-corrected chi connectivity index (χ0v) is 12.0. The number of halogens is 1. The molecule has 0 aromatic heterocycles. The van der Waals surface area contributed by atoms with E-state index in [2.05, 4.69) is 59.4 Å². The van der Waals surface area contributed by atoms with Gasteiger partial charge in [0.05, 0.1) is 6.61 Å². The van der Waals surface area contributed by atoms with E-state index >= 15 is 0 Å². The van der Waals surface area contributed by atoms with Crippen LogP contribution in [0, 0.1) is 5.92 Å². The van der Waals surface area contributed by atoms with Gasteiger partial charge in [-0.2, -0.15) is 0 Å². The SMILES string of the molecule is CC(N[C@H](C)c1ccc(Br)cc1)C1CCOC1. The third kappa shape index (κ3) is 3.54. The fraction of sp³-hybridized carbons (Fsp3) is 0.571. The van der Waals surface area contributed by atoms with Gasteiger partial charge in [0.2, 0.25) is 0 Å². The standard InChI is InChI=1S/C14H20BrNO/c1-10(12-3-5-14(15)6-4-12)16-11(2)13-7-8-17-9-13/h3-6,10-11,13,16H,7-9H2,1-2H3/t10-,11?,13?/m1/s1. The zero-order chi connectivity index (χ0) is 12.3. The fourth-order valence-corrected chi connectivity index (χ4v) is 2.59. The van der Waals surface area contributed by atoms with Crippen molar-refractivity contribution >= 4 is 15.9 Å². The number of nitrogens with one attached hydrogen (secondary N) is 1. The first-order valence-electron chi connectivity index (χ1n) is 6.26. The molecule has 1 aliphatic rings. The number of ether oxygens (including phenoxy) is 1. The highest BCUT2D eigenvalue weighted by Crippen LogP contribution is 2.21. The van der Waals surface area contributed by atoms with Crippen molar-refractivity contribution in [2.24, 2.45) is 5.92 Å². The average molecular weight is 298 g/mol. The van der Waals surface area contributed by atoms with Crippen molar-refractivity contribution in [3.63, 3.8) is 0 Å². The Labute approximate surface area is 112 Å². The van der Waals surface area contributed by atoms with E-state index in [9.17, 15) is 0 Å². The van der Waals surface area contributed by atoms with Gasteiger partial charge < -0.3 is 10.1 Å². The molecule has 0 radical (unpaired) electrons. The van der Waals surface area contributed by atoms with Crippen LogP contribution in [0.3, 0.4) is 0 Å². The molecule has 0 spiro atoms. The first-order chi connectivity index (χ1) is 8.16. The second kappa shape index (κ2) is 5.98. The van der Waals surface area contributed by atoms with Gasteiger partial charge in [-0.05, 0) is 43.9 Å². The highest BCUT2D eigenvalue weighted by Gasteiger charge is 2.23. The normalized spacial score (nSPS) is 23.6. The van der Waals surface area contributed by atoms with Crippen LogP contribution < -0.4 is 5.32 Å². The summed E-state index contributed by atoms with van der Waals surface area (Å²) >= 11 is 3.46. The van der Waals surface area contributed by atoms with Crippen molar-refractivity contribution in [2.45, 2.75) is 32.4 Å². The van der Waals surface area contributed by atoms with E-state index in [0.29, 0.717) is 18.0 Å². The second-order valence-corrected chi connectivity index (χ2v) is 5.77. The third-order valence-corrected chi connectivity index (χ3v) is 4.08. The maximum absolute atomic E-state index is 5.44. The number of benzene rings is 1. The molecule has 1 aromatic rings. The lowest BCUT2D eigenvalue weighted by Crippen LogP contribution is -2.35. The van der Waals surface area contributed by atoms with Crippen molar-refractivity contribution in [3.8, 4) is 0 Å². The topological polar surface area (TPSA) is 21.3 Å². The Morgan fingerprint density at radius 3 is 2.59 bits per heavy atom. The molecule has 2 rings (SSSR count). The zero-order valence-electron chi connectivity index (χ0n) is 10.4. The minimum absolute atomic E-state index is 0.388. The van der Waals surface area contributed by atoms with Gasteiger partial charge in [0.25, 0.3) is 0 Å². The summed E-state index contributed by atoms with van der Waals surface area (Å²) in [5.74, 6) is 0.660. The van der Waals surface area contributed by atoms with Gasteiger partial charge in [0.1, 0.15) is 0 Å². The summed E-state index contributed by atoms with van der Waals surface area (Å²) < 4.78 is 6.57. The summed E-state index contributed by atoms with van der Waals surface area (Å²) in [7, 11) is 0. The van der Waals surface area contributed by atoms with Crippen LogP contribution in [0.15, 0.2) is 28.7 Å². The molecule has 0 amide bonds. The Bertz CT molecular complexity index is 346. The predicted molar refractivity (Wildman–Crippen MR) is 74.1 cm³/mol. The second-order valence-electron chi connectivity index (χ2n) is 4.85. The van der Waals surface area contributed by atoms with Crippen molar-refractivity contribution in [3.05, 3.63) is 34.3 Å². The molecule has 1 fully saturated rings. The largest absolute Gasteiger partial charge is 0.381 e. The van der Waals surface area contributed by atoms with Crippen LogP contribution in [-0.4, -0.2) is 19.3 Å². The molecular formula is C14H20BrNO. The molecule has 0 bridgehead atoms. The van der Waals surface area contributed by atoms with Gasteiger partial charge in [-0.3, -0.25) is 0 Å². The maximum atomic E-state index is 5.44. The summed E-state index contributed by atoms with van der Waals surface area (Å²) in [6, 6.07) is 9.42. The lowest BCUT2D eigenvalue weighted by atomic mass is 9.98. The molecule has 2 unspecified atom stereocenters. The van der Waals surface area contributed by atoms with Crippen LogP contribution in [0.1, 0.15) is 31.9 Å². The van der Waals surface area contributed by atoms with Gasteiger partial charge in [0, 0.05) is 23.2 Å². The van der Waals surface area contributed by atoms with Crippen LogP contribution in [0.4, 0.5) is 0 Å². The Balaban J connectivity index is 1.91. The predicted octanol–water partition coefficient (Wildman–Crippen LogP) is 3.52. The molecule has 94 valence electrons. The van der Waals surface area contributed by atoms with Crippen molar-refractivity contribution in [1.29, 1.82) is 0 Å². The van der Waals surface area contributed by atoms with Crippen LogP contribution in [0.2, 0.25) is 0 Å². The molecular weight excluding hydrogens is 278 g/mol. The van der Waals surface area contributed by atoms with Crippen LogP contribution >= 0.6 is 15.9 Å². The number of hydrogen-bond acceptors (Lipinski definition) is 2. The van der Waals surface area contributed by atoms with Gasteiger partial charge in [-0.25, -0.2) is 0 Å². The van der Waals surface area contributed by atoms with Gasteiger partial charge in [0.15, 0.2) is 0 Å². The fourth-order valence-electron chi connectivity index (χ4n) is 2.33. The molecule has 1 N–H and O–H groups in total. The maximum Gasteiger partial charge on any atom is 0.0509 e. The Hall–Kier alpha value is -0.380. The molecule has 2 nitrogen and oxygen atoms in total. The van der Waals surface area contributed by atoms with Gasteiger partial charge in [-0.1, -0.05) is 28.1 Å². The van der Waals surface area contributed by atoms with Crippen LogP contribution in [0.25, 0.3) is 0 Å². The molecule has 17 heavy (non-hydrogen) atoms. The van der Waals surface area contributed by atoms with E-state index in [0.717, 1.165) is 17.7 Å². The minimum Gasteiger partial charge on any atom is -0.381 e. The molecule has 1 heterocycles. The number of hydrogen-bond donors (Lipinski definition) is 1. The highest BCUT2D eigenvalue weighted by atomic mass is 79.9. The van der Waals surface area contributed by atoms with E-state index in [-0.39, 0.29) is 0 Å². The van der Waals surface area contributed by atoms with Gasteiger partial charge in [-0.15, -0.1) is 0 Å². The third-order valence-electron chi connectivity index (χ3n) is 3.55. The summed E-state index contributed by atoms with van der Waals surface area (Å²) in [6.07, 6.45) is 1.18. The Kier molecular flexibility index (Phi) is 4.60. The first kappa shape index (κ1) is 13.1. The molecule has 1 saturated heterocycles. The molecule has 3 atom stereocenters. The molecule has 0 aliphatic carbocycles. The summed E-state index contributed by atoms with van der Waals surface area (Å²) in [4.78, 5) is 0. The van der Waals surface area contributed by atoms with E-state index in [4.69, 9.17) is 4.74 Å². The molecule has 1 aliphatic heterocycles. The smallest absolute Gasteiger partial charge is 0.0509 e. The van der Waals surface area contributed by atoms with Crippen LogP contribution in [-0.2, 0) is 4.74 Å². The number of rotatable bonds is 4. The monoisotopic (exact) mass is 297 g/mol. The molecule has 3 heteroatoms. The lowest BCUT2D eigenvalue weighted by Gasteiger charge is -2.24. The average Bonchev–Trinajstić information content (AvgIpc) is 2.83. The van der Waals surface area contributed by atoms with E-state index in [1.807, 2.05) is 0 Å². The quantitative estimate of drug-likeness (QED) is 0.918. The summed E-state index contributed by atoms with van der Waals surface area (Å²) in [5, 5.41) is 3.66. The highest BCUT2D eigenvalue weighted by molar-refractivity contribution is 9.10. The molecule has 1 aromatic carbocycles. The van der Waals surface area contributed by atoms with Crippen molar-refractivity contribution < 1.29 is 4.74 Å². The molecule has 0 saturated carbocycles. The minimum atomic E-state index is 0.388. The first-order valence-corrected chi connectivity index (χ1v) is 7.05. The lowest BCUT2D eigenvalue weighted by molar-refractivity contribution is 0.177.